The van der Waals surface area contributed by atoms with Gasteiger partial charge in [0.15, 0.2) is 11.5 Å². The summed E-state index contributed by atoms with van der Waals surface area (Å²) >= 11 is 6.32. The van der Waals surface area contributed by atoms with E-state index in [9.17, 15) is 4.79 Å². The highest BCUT2D eigenvalue weighted by molar-refractivity contribution is 6.32. The Morgan fingerprint density at radius 2 is 2.04 bits per heavy atom. The zero-order valence-corrected chi connectivity index (χ0v) is 16.6. The lowest BCUT2D eigenvalue weighted by molar-refractivity contribution is 0.0929. The van der Waals surface area contributed by atoms with Crippen LogP contribution in [0.3, 0.4) is 0 Å². The van der Waals surface area contributed by atoms with Crippen molar-refractivity contribution in [3.05, 3.63) is 22.7 Å². The molecule has 1 fully saturated rings. The minimum atomic E-state index is -0.129. The smallest absolute Gasteiger partial charge is 0.251 e. The molecule has 0 radical (unpaired) electrons. The fourth-order valence-electron chi connectivity index (χ4n) is 2.62. The van der Waals surface area contributed by atoms with Gasteiger partial charge in [-0.1, -0.05) is 25.4 Å². The van der Waals surface area contributed by atoms with E-state index in [2.05, 4.69) is 24.5 Å². The van der Waals surface area contributed by atoms with Crippen molar-refractivity contribution in [3.63, 3.8) is 0 Å². The maximum atomic E-state index is 12.5. The minimum absolute atomic E-state index is 0. The number of benzene rings is 1. The van der Waals surface area contributed by atoms with Gasteiger partial charge in [-0.25, -0.2) is 0 Å². The molecule has 1 aromatic carbocycles. The van der Waals surface area contributed by atoms with Crippen LogP contribution in [0.15, 0.2) is 12.1 Å². The van der Waals surface area contributed by atoms with Gasteiger partial charge in [-0.05, 0) is 50.4 Å². The van der Waals surface area contributed by atoms with Gasteiger partial charge in [0.25, 0.3) is 5.91 Å². The summed E-state index contributed by atoms with van der Waals surface area (Å²) in [6, 6.07) is 3.53. The Balaban J connectivity index is 0.00000312. The van der Waals surface area contributed by atoms with Gasteiger partial charge in [-0.2, -0.15) is 0 Å². The second-order valence-electron chi connectivity index (χ2n) is 6.52. The first-order valence-corrected chi connectivity index (χ1v) is 8.91. The molecule has 0 saturated carbocycles. The van der Waals surface area contributed by atoms with E-state index in [4.69, 9.17) is 21.1 Å². The Labute approximate surface area is 161 Å². The molecule has 25 heavy (non-hydrogen) atoms. The molecule has 0 unspecified atom stereocenters. The number of nitrogens with one attached hydrogen (secondary N) is 2. The minimum Gasteiger partial charge on any atom is -0.493 e. The van der Waals surface area contributed by atoms with Crippen LogP contribution in [-0.2, 0) is 0 Å². The standard InChI is InChI=1S/C18H27ClN2O3.ClH/c1-12(2)6-9-24-17-15(19)10-13(11-16(17)23-3)18(22)21-14-4-7-20-8-5-14;/h10-12,14,20H,4-9H2,1-3H3,(H,21,22);1H. The van der Waals surface area contributed by atoms with Crippen LogP contribution in [0.25, 0.3) is 0 Å². The quantitative estimate of drug-likeness (QED) is 0.745. The third-order valence-corrected chi connectivity index (χ3v) is 4.39. The van der Waals surface area contributed by atoms with E-state index in [1.807, 2.05) is 0 Å². The summed E-state index contributed by atoms with van der Waals surface area (Å²) in [6.07, 6.45) is 2.80. The summed E-state index contributed by atoms with van der Waals surface area (Å²) in [5, 5.41) is 6.74. The molecule has 1 aromatic rings. The van der Waals surface area contributed by atoms with E-state index in [1.54, 1.807) is 19.2 Å². The molecule has 142 valence electrons. The van der Waals surface area contributed by atoms with Gasteiger partial charge in [0.2, 0.25) is 0 Å². The molecule has 1 saturated heterocycles. The summed E-state index contributed by atoms with van der Waals surface area (Å²) in [5.41, 5.74) is 0.492. The Morgan fingerprint density at radius 3 is 2.64 bits per heavy atom. The molecule has 0 bridgehead atoms. The van der Waals surface area contributed by atoms with E-state index in [0.717, 1.165) is 32.4 Å². The molecule has 0 aliphatic carbocycles. The highest BCUT2D eigenvalue weighted by Gasteiger charge is 2.19. The lowest BCUT2D eigenvalue weighted by atomic mass is 10.1. The number of rotatable bonds is 7. The lowest BCUT2D eigenvalue weighted by Gasteiger charge is -2.24. The normalized spacial score (nSPS) is 14.8. The van der Waals surface area contributed by atoms with Crippen molar-refractivity contribution < 1.29 is 14.3 Å². The second-order valence-corrected chi connectivity index (χ2v) is 6.93. The number of amides is 1. The number of carbonyl (C=O) groups is 1. The van der Waals surface area contributed by atoms with Crippen molar-refractivity contribution in [3.8, 4) is 11.5 Å². The second kappa shape index (κ2) is 10.7. The van der Waals surface area contributed by atoms with Crippen molar-refractivity contribution >= 4 is 29.9 Å². The predicted octanol–water partition coefficient (Wildman–Crippen LogP) is 3.68. The highest BCUT2D eigenvalue weighted by Crippen LogP contribution is 2.36. The third kappa shape index (κ3) is 6.57. The van der Waals surface area contributed by atoms with Gasteiger partial charge in [-0.15, -0.1) is 12.4 Å². The summed E-state index contributed by atoms with van der Waals surface area (Å²) < 4.78 is 11.1. The van der Waals surface area contributed by atoms with E-state index in [1.165, 1.54) is 0 Å². The van der Waals surface area contributed by atoms with Crippen molar-refractivity contribution in [2.24, 2.45) is 5.92 Å². The van der Waals surface area contributed by atoms with Crippen LogP contribution >= 0.6 is 24.0 Å². The zero-order valence-electron chi connectivity index (χ0n) is 15.1. The first-order valence-electron chi connectivity index (χ1n) is 8.53. The van der Waals surface area contributed by atoms with Gasteiger partial charge in [-0.3, -0.25) is 4.79 Å². The number of hydrogen-bond donors (Lipinski definition) is 2. The Kier molecular flexibility index (Phi) is 9.39. The van der Waals surface area contributed by atoms with Gasteiger partial charge in [0.1, 0.15) is 0 Å². The molecule has 1 aliphatic heterocycles. The Morgan fingerprint density at radius 1 is 1.36 bits per heavy atom. The monoisotopic (exact) mass is 390 g/mol. The number of halogens is 2. The van der Waals surface area contributed by atoms with Crippen molar-refractivity contribution in [2.75, 3.05) is 26.8 Å². The maximum Gasteiger partial charge on any atom is 0.251 e. The molecule has 1 heterocycles. The molecule has 0 aromatic heterocycles. The van der Waals surface area contributed by atoms with Crippen molar-refractivity contribution in [1.29, 1.82) is 0 Å². The Hall–Kier alpha value is -1.17. The fourth-order valence-corrected chi connectivity index (χ4v) is 2.89. The molecular weight excluding hydrogens is 363 g/mol. The van der Waals surface area contributed by atoms with Crippen LogP contribution in [-0.4, -0.2) is 38.8 Å². The van der Waals surface area contributed by atoms with E-state index >= 15 is 0 Å². The Bertz CT molecular complexity index is 561. The molecule has 1 amide bonds. The fraction of sp³-hybridized carbons (Fsp3) is 0.611. The summed E-state index contributed by atoms with van der Waals surface area (Å²) in [6.45, 7) is 6.69. The molecule has 0 spiro atoms. The first kappa shape index (κ1) is 21.9. The van der Waals surface area contributed by atoms with E-state index in [-0.39, 0.29) is 24.4 Å². The van der Waals surface area contributed by atoms with Crippen LogP contribution in [0.2, 0.25) is 5.02 Å². The molecule has 5 nitrogen and oxygen atoms in total. The van der Waals surface area contributed by atoms with Crippen molar-refractivity contribution in [2.45, 2.75) is 39.2 Å². The molecule has 1 aliphatic rings. The van der Waals surface area contributed by atoms with Crippen LogP contribution in [0.1, 0.15) is 43.5 Å². The average molecular weight is 391 g/mol. The van der Waals surface area contributed by atoms with Gasteiger partial charge >= 0.3 is 0 Å². The molecule has 2 N–H and O–H groups in total. The van der Waals surface area contributed by atoms with Gasteiger partial charge < -0.3 is 20.1 Å². The number of carbonyl (C=O) groups excluding carboxylic acids is 1. The summed E-state index contributed by atoms with van der Waals surface area (Å²) in [5.74, 6) is 1.40. The summed E-state index contributed by atoms with van der Waals surface area (Å²) in [4.78, 5) is 12.5. The van der Waals surface area contributed by atoms with Crippen LogP contribution in [0.5, 0.6) is 11.5 Å². The number of piperidine rings is 1. The first-order chi connectivity index (χ1) is 11.5. The van der Waals surface area contributed by atoms with Crippen LogP contribution < -0.4 is 20.1 Å². The maximum absolute atomic E-state index is 12.5. The van der Waals surface area contributed by atoms with Gasteiger partial charge in [0.05, 0.1) is 18.7 Å². The largest absolute Gasteiger partial charge is 0.493 e. The topological polar surface area (TPSA) is 59.6 Å². The zero-order chi connectivity index (χ0) is 17.5. The third-order valence-electron chi connectivity index (χ3n) is 4.11. The molecule has 2 rings (SSSR count). The summed E-state index contributed by atoms with van der Waals surface area (Å²) in [7, 11) is 1.55. The van der Waals surface area contributed by atoms with Crippen molar-refractivity contribution in [1.82, 2.24) is 10.6 Å². The number of ether oxygens (including phenoxy) is 2. The van der Waals surface area contributed by atoms with Crippen LogP contribution in [0.4, 0.5) is 0 Å². The molecule has 7 heteroatoms. The average Bonchev–Trinajstić information content (AvgIpc) is 2.56. The molecular formula is C18H28Cl2N2O3. The number of methoxy groups -OCH3 is 1. The SMILES string of the molecule is COc1cc(C(=O)NC2CCNCC2)cc(Cl)c1OCCC(C)C.Cl. The molecule has 0 atom stereocenters. The predicted molar refractivity (Wildman–Crippen MR) is 104 cm³/mol. The van der Waals surface area contributed by atoms with Gasteiger partial charge in [0, 0.05) is 11.6 Å². The lowest BCUT2D eigenvalue weighted by Crippen LogP contribution is -2.42. The van der Waals surface area contributed by atoms with Crippen LogP contribution in [0, 0.1) is 5.92 Å². The number of hydrogen-bond acceptors (Lipinski definition) is 4. The van der Waals surface area contributed by atoms with E-state index < -0.39 is 0 Å². The highest BCUT2D eigenvalue weighted by atomic mass is 35.5. The van der Waals surface area contributed by atoms with E-state index in [0.29, 0.717) is 34.6 Å².